The summed E-state index contributed by atoms with van der Waals surface area (Å²) in [4.78, 5) is 7.91. The van der Waals surface area contributed by atoms with Crippen LogP contribution in [0.3, 0.4) is 0 Å². The van der Waals surface area contributed by atoms with Crippen LogP contribution in [0.1, 0.15) is 17.0 Å². The Labute approximate surface area is 173 Å². The normalized spacial score (nSPS) is 11.1. The highest BCUT2D eigenvalue weighted by Crippen LogP contribution is 2.24. The molecule has 0 amide bonds. The standard InChI is InChI=1S/C23H21ClFN3O/c24-18-9-10-22(29-15-16-5-1-2-6-19(16)25)17(13-18)14-26-12-11-23-27-20-7-3-4-8-21(20)28-23/h1-10,13,26H,11-12,14-15H2,(H,27,28). The number of fused-ring (bicyclic) bond motifs is 1. The van der Waals surface area contributed by atoms with E-state index in [4.69, 9.17) is 16.3 Å². The summed E-state index contributed by atoms with van der Waals surface area (Å²) >= 11 is 6.15. The fourth-order valence-electron chi connectivity index (χ4n) is 3.15. The molecule has 0 fully saturated rings. The molecule has 0 aliphatic rings. The first-order valence-electron chi connectivity index (χ1n) is 9.48. The molecule has 0 atom stereocenters. The first-order valence-corrected chi connectivity index (χ1v) is 9.86. The number of nitrogens with zero attached hydrogens (tertiary/aromatic N) is 1. The molecule has 4 nitrogen and oxygen atoms in total. The Morgan fingerprint density at radius 1 is 1.00 bits per heavy atom. The van der Waals surface area contributed by atoms with Gasteiger partial charge in [0, 0.05) is 35.7 Å². The van der Waals surface area contributed by atoms with E-state index < -0.39 is 0 Å². The van der Waals surface area contributed by atoms with E-state index in [2.05, 4.69) is 15.3 Å². The lowest BCUT2D eigenvalue weighted by Crippen LogP contribution is -2.18. The highest BCUT2D eigenvalue weighted by atomic mass is 35.5. The fraction of sp³-hybridized carbons (Fsp3) is 0.174. The van der Waals surface area contributed by atoms with Crippen molar-refractivity contribution in [2.24, 2.45) is 0 Å². The van der Waals surface area contributed by atoms with Gasteiger partial charge < -0.3 is 15.0 Å². The largest absolute Gasteiger partial charge is 0.488 e. The zero-order valence-corrected chi connectivity index (χ0v) is 16.5. The minimum atomic E-state index is -0.271. The molecule has 1 heterocycles. The number of hydrogen-bond acceptors (Lipinski definition) is 3. The molecular formula is C23H21ClFN3O. The molecule has 2 N–H and O–H groups in total. The van der Waals surface area contributed by atoms with Crippen molar-refractivity contribution < 1.29 is 9.13 Å². The molecule has 0 saturated heterocycles. The minimum Gasteiger partial charge on any atom is -0.488 e. The van der Waals surface area contributed by atoms with Crippen molar-refractivity contribution in [1.29, 1.82) is 0 Å². The smallest absolute Gasteiger partial charge is 0.129 e. The topological polar surface area (TPSA) is 49.9 Å². The molecule has 0 radical (unpaired) electrons. The summed E-state index contributed by atoms with van der Waals surface area (Å²) in [5, 5.41) is 4.04. The van der Waals surface area contributed by atoms with Crippen molar-refractivity contribution >= 4 is 22.6 Å². The summed E-state index contributed by atoms with van der Waals surface area (Å²) in [5.74, 6) is 1.36. The van der Waals surface area contributed by atoms with E-state index in [1.807, 2.05) is 36.4 Å². The zero-order valence-electron chi connectivity index (χ0n) is 15.8. The number of aromatic amines is 1. The SMILES string of the molecule is Fc1ccccc1COc1ccc(Cl)cc1CNCCc1nc2ccccc2[nH]1. The van der Waals surface area contributed by atoms with E-state index in [0.29, 0.717) is 22.9 Å². The van der Waals surface area contributed by atoms with E-state index in [9.17, 15) is 4.39 Å². The van der Waals surface area contributed by atoms with Crippen LogP contribution in [0.15, 0.2) is 66.7 Å². The third-order valence-corrected chi connectivity index (χ3v) is 4.89. The van der Waals surface area contributed by atoms with Crippen molar-refractivity contribution in [2.75, 3.05) is 6.54 Å². The molecule has 0 unspecified atom stereocenters. The molecule has 4 aromatic rings. The van der Waals surface area contributed by atoms with Gasteiger partial charge in [-0.05, 0) is 36.4 Å². The summed E-state index contributed by atoms with van der Waals surface area (Å²) < 4.78 is 19.7. The van der Waals surface area contributed by atoms with E-state index >= 15 is 0 Å². The lowest BCUT2D eigenvalue weighted by molar-refractivity contribution is 0.296. The third kappa shape index (κ3) is 4.94. The van der Waals surface area contributed by atoms with Gasteiger partial charge in [-0.25, -0.2) is 9.37 Å². The highest BCUT2D eigenvalue weighted by molar-refractivity contribution is 6.30. The Kier molecular flexibility index (Phi) is 6.08. The van der Waals surface area contributed by atoms with Gasteiger partial charge in [-0.3, -0.25) is 0 Å². The van der Waals surface area contributed by atoms with Crippen LogP contribution in [0.4, 0.5) is 4.39 Å². The minimum absolute atomic E-state index is 0.167. The van der Waals surface area contributed by atoms with Gasteiger partial charge >= 0.3 is 0 Å². The van der Waals surface area contributed by atoms with Gasteiger partial charge in [-0.15, -0.1) is 0 Å². The molecule has 0 saturated carbocycles. The number of para-hydroxylation sites is 2. The predicted molar refractivity (Wildman–Crippen MR) is 114 cm³/mol. The predicted octanol–water partition coefficient (Wildman–Crippen LogP) is 5.27. The van der Waals surface area contributed by atoms with Crippen molar-refractivity contribution in [2.45, 2.75) is 19.6 Å². The number of halogens is 2. The summed E-state index contributed by atoms with van der Waals surface area (Å²) in [6.45, 7) is 1.51. The van der Waals surface area contributed by atoms with E-state index in [1.165, 1.54) is 6.07 Å². The summed E-state index contributed by atoms with van der Waals surface area (Å²) in [7, 11) is 0. The quantitative estimate of drug-likeness (QED) is 0.390. The van der Waals surface area contributed by atoms with Crippen LogP contribution in [-0.4, -0.2) is 16.5 Å². The Hall–Kier alpha value is -2.89. The average Bonchev–Trinajstić information content (AvgIpc) is 3.14. The van der Waals surface area contributed by atoms with Gasteiger partial charge in [-0.2, -0.15) is 0 Å². The van der Waals surface area contributed by atoms with Crippen LogP contribution < -0.4 is 10.1 Å². The maximum absolute atomic E-state index is 13.8. The molecule has 6 heteroatoms. The number of ether oxygens (including phenoxy) is 1. The molecule has 0 aliphatic carbocycles. The second-order valence-electron chi connectivity index (χ2n) is 6.76. The van der Waals surface area contributed by atoms with Crippen LogP contribution in [0.2, 0.25) is 5.02 Å². The average molecular weight is 410 g/mol. The molecule has 0 aliphatic heterocycles. The van der Waals surface area contributed by atoms with Crippen LogP contribution in [0, 0.1) is 5.82 Å². The number of hydrogen-bond donors (Lipinski definition) is 2. The molecule has 0 spiro atoms. The van der Waals surface area contributed by atoms with Crippen LogP contribution >= 0.6 is 11.6 Å². The Balaban J connectivity index is 1.35. The molecular weight excluding hydrogens is 389 g/mol. The molecule has 0 bridgehead atoms. The Bertz CT molecular complexity index is 1080. The Morgan fingerprint density at radius 3 is 2.69 bits per heavy atom. The van der Waals surface area contributed by atoms with Gasteiger partial charge in [0.2, 0.25) is 0 Å². The van der Waals surface area contributed by atoms with Crippen molar-refractivity contribution in [1.82, 2.24) is 15.3 Å². The maximum Gasteiger partial charge on any atom is 0.129 e. The van der Waals surface area contributed by atoms with Gasteiger partial charge in [0.15, 0.2) is 0 Å². The number of benzene rings is 3. The number of nitrogens with one attached hydrogen (secondary N) is 2. The van der Waals surface area contributed by atoms with Crippen molar-refractivity contribution in [3.05, 3.63) is 94.5 Å². The van der Waals surface area contributed by atoms with Crippen LogP contribution in [0.25, 0.3) is 11.0 Å². The summed E-state index contributed by atoms with van der Waals surface area (Å²) in [6, 6.07) is 20.1. The molecule has 148 valence electrons. The van der Waals surface area contributed by atoms with Crippen molar-refractivity contribution in [3.8, 4) is 5.75 Å². The first-order chi connectivity index (χ1) is 14.2. The number of H-pyrrole nitrogens is 1. The van der Waals surface area contributed by atoms with E-state index in [-0.39, 0.29) is 12.4 Å². The molecule has 29 heavy (non-hydrogen) atoms. The molecule has 4 rings (SSSR count). The lowest BCUT2D eigenvalue weighted by atomic mass is 10.2. The van der Waals surface area contributed by atoms with Crippen molar-refractivity contribution in [3.63, 3.8) is 0 Å². The molecule has 1 aromatic heterocycles. The second kappa shape index (κ2) is 9.07. The number of imidazole rings is 1. The van der Waals surface area contributed by atoms with Crippen LogP contribution in [0.5, 0.6) is 5.75 Å². The number of rotatable bonds is 8. The monoisotopic (exact) mass is 409 g/mol. The number of aromatic nitrogens is 2. The Morgan fingerprint density at radius 2 is 1.83 bits per heavy atom. The van der Waals surface area contributed by atoms with Gasteiger partial charge in [0.25, 0.3) is 0 Å². The van der Waals surface area contributed by atoms with Gasteiger partial charge in [0.05, 0.1) is 11.0 Å². The zero-order chi connectivity index (χ0) is 20.1. The van der Waals surface area contributed by atoms with Gasteiger partial charge in [-0.1, -0.05) is 41.9 Å². The van der Waals surface area contributed by atoms with Gasteiger partial charge in [0.1, 0.15) is 24.0 Å². The molecule has 3 aromatic carbocycles. The maximum atomic E-state index is 13.8. The first kappa shape index (κ1) is 19.4. The highest BCUT2D eigenvalue weighted by Gasteiger charge is 2.08. The summed E-state index contributed by atoms with van der Waals surface area (Å²) in [5.41, 5.74) is 3.46. The van der Waals surface area contributed by atoms with E-state index in [0.717, 1.165) is 35.4 Å². The fourth-order valence-corrected chi connectivity index (χ4v) is 3.35. The van der Waals surface area contributed by atoms with Crippen LogP contribution in [-0.2, 0) is 19.6 Å². The van der Waals surface area contributed by atoms with E-state index in [1.54, 1.807) is 24.3 Å². The summed E-state index contributed by atoms with van der Waals surface area (Å²) in [6.07, 6.45) is 0.778. The lowest BCUT2D eigenvalue weighted by Gasteiger charge is -2.13. The third-order valence-electron chi connectivity index (χ3n) is 4.66. The second-order valence-corrected chi connectivity index (χ2v) is 7.20.